The van der Waals surface area contributed by atoms with E-state index in [4.69, 9.17) is 9.47 Å². The minimum Gasteiger partial charge on any atom is -0.497 e. The van der Waals surface area contributed by atoms with Crippen LogP contribution in [0.15, 0.2) is 41.8 Å². The third kappa shape index (κ3) is 4.64. The number of benzene rings is 2. The van der Waals surface area contributed by atoms with Gasteiger partial charge in [-0.15, -0.1) is 11.3 Å². The highest BCUT2D eigenvalue weighted by Gasteiger charge is 2.13. The summed E-state index contributed by atoms with van der Waals surface area (Å²) in [6, 6.07) is 8.55. The zero-order chi connectivity index (χ0) is 20.1. The third-order valence-electron chi connectivity index (χ3n) is 4.06. The molecule has 0 radical (unpaired) electrons. The van der Waals surface area contributed by atoms with E-state index in [1.54, 1.807) is 31.7 Å². The van der Waals surface area contributed by atoms with Crippen molar-refractivity contribution >= 4 is 22.4 Å². The van der Waals surface area contributed by atoms with Crippen molar-refractivity contribution in [2.75, 3.05) is 19.5 Å². The molecule has 0 spiro atoms. The number of anilines is 1. The largest absolute Gasteiger partial charge is 0.497 e. The number of nitrogens with one attached hydrogen (secondary N) is 1. The lowest BCUT2D eigenvalue weighted by atomic mass is 10.1. The molecule has 3 aromatic rings. The highest BCUT2D eigenvalue weighted by atomic mass is 32.1. The zero-order valence-electron chi connectivity index (χ0n) is 15.3. The van der Waals surface area contributed by atoms with Gasteiger partial charge in [0.1, 0.15) is 23.1 Å². The Labute approximate surface area is 164 Å². The summed E-state index contributed by atoms with van der Waals surface area (Å²) in [6.07, 6.45) is 0.649. The molecule has 0 saturated carbocycles. The number of ether oxygens (including phenoxy) is 2. The predicted octanol–water partition coefficient (Wildman–Crippen LogP) is 4.68. The Morgan fingerprint density at radius 2 is 1.96 bits per heavy atom. The van der Waals surface area contributed by atoms with Gasteiger partial charge in [0.15, 0.2) is 5.13 Å². The number of aromatic nitrogens is 1. The molecule has 8 heteroatoms. The summed E-state index contributed by atoms with van der Waals surface area (Å²) in [5.74, 6) is -0.0213. The summed E-state index contributed by atoms with van der Waals surface area (Å²) in [6.45, 7) is 0. The highest BCUT2D eigenvalue weighted by molar-refractivity contribution is 7.14. The van der Waals surface area contributed by atoms with Crippen LogP contribution in [0, 0.1) is 11.6 Å². The summed E-state index contributed by atoms with van der Waals surface area (Å²) in [5.41, 5.74) is 1.17. The first-order chi connectivity index (χ1) is 13.5. The molecule has 0 unspecified atom stereocenters. The van der Waals surface area contributed by atoms with Crippen LogP contribution in [0.5, 0.6) is 11.5 Å². The summed E-state index contributed by atoms with van der Waals surface area (Å²) in [4.78, 5) is 16.4. The molecule has 2 aromatic carbocycles. The molecule has 0 aliphatic rings. The van der Waals surface area contributed by atoms with Crippen molar-refractivity contribution in [1.29, 1.82) is 0 Å². The number of hydrogen-bond donors (Lipinski definition) is 1. The van der Waals surface area contributed by atoms with Crippen LogP contribution in [0.25, 0.3) is 11.3 Å². The fraction of sp³-hybridized carbons (Fsp3) is 0.200. The second-order valence-electron chi connectivity index (χ2n) is 5.89. The lowest BCUT2D eigenvalue weighted by Crippen LogP contribution is -2.12. The molecule has 5 nitrogen and oxygen atoms in total. The second-order valence-corrected chi connectivity index (χ2v) is 6.75. The van der Waals surface area contributed by atoms with Gasteiger partial charge in [0.2, 0.25) is 5.91 Å². The van der Waals surface area contributed by atoms with E-state index < -0.39 is 11.6 Å². The minimum absolute atomic E-state index is 0.0536. The van der Waals surface area contributed by atoms with Gasteiger partial charge in [-0.1, -0.05) is 0 Å². The number of thiazole rings is 1. The molecule has 0 saturated heterocycles. The van der Waals surface area contributed by atoms with Crippen molar-refractivity contribution in [2.45, 2.75) is 12.8 Å². The van der Waals surface area contributed by atoms with Crippen molar-refractivity contribution in [3.8, 4) is 22.8 Å². The Bertz CT molecular complexity index is 991. The molecule has 0 bridgehead atoms. The molecular weight excluding hydrogens is 386 g/mol. The molecule has 1 heterocycles. The number of carbonyl (C=O) groups is 1. The summed E-state index contributed by atoms with van der Waals surface area (Å²) < 4.78 is 37.7. The number of halogens is 2. The van der Waals surface area contributed by atoms with Crippen LogP contribution in [-0.4, -0.2) is 25.1 Å². The zero-order valence-corrected chi connectivity index (χ0v) is 16.1. The van der Waals surface area contributed by atoms with Crippen LogP contribution in [-0.2, 0) is 11.2 Å². The first-order valence-electron chi connectivity index (χ1n) is 8.42. The topological polar surface area (TPSA) is 60.5 Å². The summed E-state index contributed by atoms with van der Waals surface area (Å²) in [5, 5.41) is 4.57. The summed E-state index contributed by atoms with van der Waals surface area (Å²) >= 11 is 1.15. The predicted molar refractivity (Wildman–Crippen MR) is 104 cm³/mol. The van der Waals surface area contributed by atoms with Crippen LogP contribution in [0.3, 0.4) is 0 Å². The van der Waals surface area contributed by atoms with Gasteiger partial charge in [0.25, 0.3) is 0 Å². The van der Waals surface area contributed by atoms with Crippen LogP contribution >= 0.6 is 11.3 Å². The van der Waals surface area contributed by atoms with Gasteiger partial charge in [-0.2, -0.15) is 0 Å². The monoisotopic (exact) mass is 404 g/mol. The standard InChI is InChI=1S/C20H18F2N2O3S/c1-26-14-5-7-18(27-2)12(9-14)3-8-19(25)24-20-23-17(11-28-20)15-10-13(21)4-6-16(15)22/h4-7,9-11H,3,8H2,1-2H3,(H,23,24,25). The number of methoxy groups -OCH3 is 2. The molecule has 0 aliphatic carbocycles. The molecule has 146 valence electrons. The van der Waals surface area contributed by atoms with Gasteiger partial charge in [-0.25, -0.2) is 13.8 Å². The molecular formula is C20H18F2N2O3S. The van der Waals surface area contributed by atoms with E-state index in [2.05, 4.69) is 10.3 Å². The molecule has 1 aromatic heterocycles. The normalized spacial score (nSPS) is 10.6. The van der Waals surface area contributed by atoms with E-state index in [-0.39, 0.29) is 23.6 Å². The van der Waals surface area contributed by atoms with E-state index in [1.165, 1.54) is 0 Å². The lowest BCUT2D eigenvalue weighted by Gasteiger charge is -2.10. The number of nitrogens with zero attached hydrogens (tertiary/aromatic N) is 1. The molecule has 0 fully saturated rings. The fourth-order valence-electron chi connectivity index (χ4n) is 2.66. The van der Waals surface area contributed by atoms with E-state index >= 15 is 0 Å². The Kier molecular flexibility index (Phi) is 6.20. The number of hydrogen-bond acceptors (Lipinski definition) is 5. The maximum Gasteiger partial charge on any atom is 0.226 e. The second kappa shape index (κ2) is 8.79. The fourth-order valence-corrected chi connectivity index (χ4v) is 3.38. The number of rotatable bonds is 7. The van der Waals surface area contributed by atoms with E-state index in [9.17, 15) is 13.6 Å². The van der Waals surface area contributed by atoms with Gasteiger partial charge < -0.3 is 14.8 Å². The molecule has 0 aliphatic heterocycles. The Balaban J connectivity index is 1.65. The van der Waals surface area contributed by atoms with Gasteiger partial charge in [-0.05, 0) is 48.4 Å². The van der Waals surface area contributed by atoms with E-state index in [0.717, 1.165) is 35.1 Å². The van der Waals surface area contributed by atoms with Crippen LogP contribution in [0.1, 0.15) is 12.0 Å². The Morgan fingerprint density at radius 3 is 2.71 bits per heavy atom. The number of aryl methyl sites for hydroxylation is 1. The van der Waals surface area contributed by atoms with Crippen molar-refractivity contribution < 1.29 is 23.0 Å². The minimum atomic E-state index is -0.574. The summed E-state index contributed by atoms with van der Waals surface area (Å²) in [7, 11) is 3.13. The van der Waals surface area contributed by atoms with Crippen molar-refractivity contribution in [3.63, 3.8) is 0 Å². The highest BCUT2D eigenvalue weighted by Crippen LogP contribution is 2.28. The van der Waals surface area contributed by atoms with Crippen LogP contribution < -0.4 is 14.8 Å². The molecule has 1 amide bonds. The lowest BCUT2D eigenvalue weighted by molar-refractivity contribution is -0.116. The Morgan fingerprint density at radius 1 is 1.14 bits per heavy atom. The van der Waals surface area contributed by atoms with Crippen LogP contribution in [0.2, 0.25) is 0 Å². The molecule has 28 heavy (non-hydrogen) atoms. The van der Waals surface area contributed by atoms with Crippen molar-refractivity contribution in [3.05, 3.63) is 59.0 Å². The molecule has 0 atom stereocenters. The number of carbonyl (C=O) groups excluding carboxylic acids is 1. The first kappa shape index (κ1) is 19.8. The molecule has 3 rings (SSSR count). The molecule has 1 N–H and O–H groups in total. The van der Waals surface area contributed by atoms with Crippen LogP contribution in [0.4, 0.5) is 13.9 Å². The van der Waals surface area contributed by atoms with E-state index in [0.29, 0.717) is 23.1 Å². The SMILES string of the molecule is COc1ccc(OC)c(CCC(=O)Nc2nc(-c3cc(F)ccc3F)cs2)c1. The average Bonchev–Trinajstić information content (AvgIpc) is 3.16. The number of amides is 1. The smallest absolute Gasteiger partial charge is 0.226 e. The van der Waals surface area contributed by atoms with Crippen molar-refractivity contribution in [2.24, 2.45) is 0 Å². The maximum atomic E-state index is 13.9. The Hall–Kier alpha value is -3.00. The third-order valence-corrected chi connectivity index (χ3v) is 4.82. The van der Waals surface area contributed by atoms with Gasteiger partial charge >= 0.3 is 0 Å². The average molecular weight is 404 g/mol. The quantitative estimate of drug-likeness (QED) is 0.621. The van der Waals surface area contributed by atoms with Gasteiger partial charge in [0, 0.05) is 17.4 Å². The van der Waals surface area contributed by atoms with E-state index in [1.807, 2.05) is 6.07 Å². The van der Waals surface area contributed by atoms with Crippen molar-refractivity contribution in [1.82, 2.24) is 4.98 Å². The first-order valence-corrected chi connectivity index (χ1v) is 9.30. The van der Waals surface area contributed by atoms with Gasteiger partial charge in [0.05, 0.1) is 19.9 Å². The maximum absolute atomic E-state index is 13.9. The van der Waals surface area contributed by atoms with Gasteiger partial charge in [-0.3, -0.25) is 4.79 Å².